The van der Waals surface area contributed by atoms with Crippen LogP contribution in [0.4, 0.5) is 0 Å². The second-order valence-electron chi connectivity index (χ2n) is 6.60. The normalized spacial score (nSPS) is 24.3. The van der Waals surface area contributed by atoms with Crippen LogP contribution in [0.1, 0.15) is 42.6 Å². The first-order valence-electron chi connectivity index (χ1n) is 8.20. The highest BCUT2D eigenvalue weighted by atomic mass is 79.9. The van der Waals surface area contributed by atoms with E-state index in [0.29, 0.717) is 0 Å². The van der Waals surface area contributed by atoms with Gasteiger partial charge in [0.2, 0.25) is 5.89 Å². The van der Waals surface area contributed by atoms with Crippen LogP contribution in [0.5, 0.6) is 0 Å². The fraction of sp³-hybridized carbons (Fsp3) is 0.529. The lowest BCUT2D eigenvalue weighted by Gasteiger charge is -2.39. The van der Waals surface area contributed by atoms with Crippen molar-refractivity contribution < 1.29 is 4.52 Å². The lowest BCUT2D eigenvalue weighted by Crippen LogP contribution is -2.44. The molecule has 0 radical (unpaired) electrons. The van der Waals surface area contributed by atoms with E-state index in [-0.39, 0.29) is 11.5 Å². The summed E-state index contributed by atoms with van der Waals surface area (Å²) >= 11 is 3.51. The Bertz CT molecular complexity index is 680. The predicted molar refractivity (Wildman–Crippen MR) is 91.3 cm³/mol. The van der Waals surface area contributed by atoms with Crippen LogP contribution >= 0.6 is 15.9 Å². The van der Waals surface area contributed by atoms with Crippen LogP contribution in [0, 0.1) is 0 Å². The van der Waals surface area contributed by atoms with Gasteiger partial charge in [0, 0.05) is 24.1 Å². The van der Waals surface area contributed by atoms with E-state index in [1.54, 1.807) is 0 Å². The van der Waals surface area contributed by atoms with E-state index in [4.69, 9.17) is 9.51 Å². The van der Waals surface area contributed by atoms with Crippen LogP contribution in [-0.2, 0) is 5.41 Å². The molecule has 2 fully saturated rings. The molecule has 5 nitrogen and oxygen atoms in total. The van der Waals surface area contributed by atoms with Gasteiger partial charge in [-0.25, -0.2) is 0 Å². The van der Waals surface area contributed by atoms with Crippen molar-refractivity contribution in [3.63, 3.8) is 0 Å². The number of aromatic nitrogens is 2. The average molecular weight is 377 g/mol. The molecule has 122 valence electrons. The maximum atomic E-state index is 5.73. The van der Waals surface area contributed by atoms with E-state index in [1.165, 1.54) is 12.0 Å². The molecular formula is C17H21BrN4O. The Labute approximate surface area is 144 Å². The zero-order valence-electron chi connectivity index (χ0n) is 13.3. The highest BCUT2D eigenvalue weighted by molar-refractivity contribution is 9.10. The molecule has 2 aromatic rings. The van der Waals surface area contributed by atoms with Gasteiger partial charge in [-0.2, -0.15) is 4.98 Å². The molecule has 0 spiro atoms. The lowest BCUT2D eigenvalue weighted by molar-refractivity contribution is 0.188. The Hall–Kier alpha value is -1.24. The Morgan fingerprint density at radius 2 is 2.09 bits per heavy atom. The molecule has 1 aromatic carbocycles. The van der Waals surface area contributed by atoms with Crippen molar-refractivity contribution in [2.75, 3.05) is 26.7 Å². The Morgan fingerprint density at radius 3 is 2.74 bits per heavy atom. The van der Waals surface area contributed by atoms with Crippen molar-refractivity contribution in [3.05, 3.63) is 46.0 Å². The number of halogens is 1. The van der Waals surface area contributed by atoms with Crippen LogP contribution in [-0.4, -0.2) is 41.7 Å². The molecule has 23 heavy (non-hydrogen) atoms. The topological polar surface area (TPSA) is 54.2 Å². The summed E-state index contributed by atoms with van der Waals surface area (Å²) in [6, 6.07) is 8.71. The fourth-order valence-corrected chi connectivity index (χ4v) is 3.85. The van der Waals surface area contributed by atoms with Crippen molar-refractivity contribution in [1.29, 1.82) is 0 Å². The minimum atomic E-state index is -0.0907. The molecular weight excluding hydrogens is 356 g/mol. The van der Waals surface area contributed by atoms with E-state index in [1.807, 2.05) is 0 Å². The first-order chi connectivity index (χ1) is 11.2. The van der Waals surface area contributed by atoms with Gasteiger partial charge in [0.1, 0.15) is 0 Å². The zero-order chi connectivity index (χ0) is 15.9. The van der Waals surface area contributed by atoms with E-state index in [9.17, 15) is 0 Å². The number of rotatable bonds is 3. The molecule has 2 heterocycles. The number of hydrogen-bond donors (Lipinski definition) is 1. The van der Waals surface area contributed by atoms with Gasteiger partial charge in [-0.05, 0) is 37.6 Å². The van der Waals surface area contributed by atoms with Crippen LogP contribution in [0.2, 0.25) is 0 Å². The zero-order valence-corrected chi connectivity index (χ0v) is 14.8. The number of piperazine rings is 1. The average Bonchev–Trinajstić information content (AvgIpc) is 2.98. The molecule has 1 N–H and O–H groups in total. The maximum absolute atomic E-state index is 5.73. The molecule has 6 heteroatoms. The summed E-state index contributed by atoms with van der Waals surface area (Å²) in [4.78, 5) is 7.10. The molecule has 1 unspecified atom stereocenters. The van der Waals surface area contributed by atoms with Crippen molar-refractivity contribution >= 4 is 15.9 Å². The summed E-state index contributed by atoms with van der Waals surface area (Å²) < 4.78 is 6.83. The smallest absolute Gasteiger partial charge is 0.237 e. The molecule has 1 saturated carbocycles. The fourth-order valence-electron chi connectivity index (χ4n) is 3.58. The standard InChI is InChI=1S/C17H21BrN4O/c1-22-10-9-19-11-14(22)15-20-16(23-21-15)17(7-2-8-17)12-3-5-13(18)6-4-12/h3-6,14,19H,2,7-11H2,1H3. The summed E-state index contributed by atoms with van der Waals surface area (Å²) in [6.07, 6.45) is 3.36. The van der Waals surface area contributed by atoms with E-state index in [0.717, 1.165) is 48.7 Å². The molecule has 1 atom stereocenters. The molecule has 1 saturated heterocycles. The molecule has 1 aliphatic carbocycles. The van der Waals surface area contributed by atoms with E-state index >= 15 is 0 Å². The van der Waals surface area contributed by atoms with Gasteiger partial charge < -0.3 is 9.84 Å². The number of nitrogens with one attached hydrogen (secondary N) is 1. The van der Waals surface area contributed by atoms with Gasteiger partial charge in [-0.1, -0.05) is 39.6 Å². The van der Waals surface area contributed by atoms with Crippen LogP contribution < -0.4 is 5.32 Å². The second kappa shape index (κ2) is 6.00. The minimum Gasteiger partial charge on any atom is -0.338 e. The third-order valence-corrected chi connectivity index (χ3v) is 5.79. The Morgan fingerprint density at radius 1 is 1.30 bits per heavy atom. The lowest BCUT2D eigenvalue weighted by atomic mass is 9.64. The van der Waals surface area contributed by atoms with Crippen LogP contribution in [0.3, 0.4) is 0 Å². The minimum absolute atomic E-state index is 0.0907. The van der Waals surface area contributed by atoms with E-state index < -0.39 is 0 Å². The molecule has 4 rings (SSSR count). The molecule has 0 amide bonds. The molecule has 1 aliphatic heterocycles. The Balaban J connectivity index is 1.65. The summed E-state index contributed by atoms with van der Waals surface area (Å²) in [7, 11) is 2.12. The van der Waals surface area contributed by atoms with Gasteiger partial charge in [-0.3, -0.25) is 4.90 Å². The first-order valence-corrected chi connectivity index (χ1v) is 8.99. The monoisotopic (exact) mass is 376 g/mol. The van der Waals surface area contributed by atoms with Gasteiger partial charge in [-0.15, -0.1) is 0 Å². The van der Waals surface area contributed by atoms with Gasteiger partial charge >= 0.3 is 0 Å². The highest BCUT2D eigenvalue weighted by Gasteiger charge is 2.45. The van der Waals surface area contributed by atoms with Crippen molar-refractivity contribution in [2.45, 2.75) is 30.7 Å². The summed E-state index contributed by atoms with van der Waals surface area (Å²) in [5.41, 5.74) is 1.18. The second-order valence-corrected chi connectivity index (χ2v) is 7.52. The SMILES string of the molecule is CN1CCNCC1c1noc(C2(c3ccc(Br)cc3)CCC2)n1. The predicted octanol–water partition coefficient (Wildman–Crippen LogP) is 2.88. The van der Waals surface area contributed by atoms with Gasteiger partial charge in [0.05, 0.1) is 11.5 Å². The van der Waals surface area contributed by atoms with Crippen LogP contribution in [0.15, 0.2) is 33.3 Å². The Kier molecular flexibility index (Phi) is 3.99. The quantitative estimate of drug-likeness (QED) is 0.892. The number of hydrogen-bond acceptors (Lipinski definition) is 5. The van der Waals surface area contributed by atoms with Crippen molar-refractivity contribution in [1.82, 2.24) is 20.4 Å². The maximum Gasteiger partial charge on any atom is 0.237 e. The van der Waals surface area contributed by atoms with Crippen molar-refractivity contribution in [2.24, 2.45) is 0 Å². The third-order valence-electron chi connectivity index (χ3n) is 5.26. The highest BCUT2D eigenvalue weighted by Crippen LogP contribution is 2.48. The molecule has 1 aromatic heterocycles. The first kappa shape index (κ1) is 15.3. The number of likely N-dealkylation sites (N-methyl/N-ethyl adjacent to an activating group) is 1. The van der Waals surface area contributed by atoms with E-state index in [2.05, 4.69) is 62.6 Å². The molecule has 2 aliphatic rings. The molecule has 0 bridgehead atoms. The summed E-state index contributed by atoms with van der Waals surface area (Å²) in [5, 5.41) is 7.71. The third kappa shape index (κ3) is 2.62. The van der Waals surface area contributed by atoms with Gasteiger partial charge in [0.25, 0.3) is 0 Å². The summed E-state index contributed by atoms with van der Waals surface area (Å²) in [6.45, 7) is 2.90. The van der Waals surface area contributed by atoms with Gasteiger partial charge in [0.15, 0.2) is 5.82 Å². The number of nitrogens with zero attached hydrogens (tertiary/aromatic N) is 3. The summed E-state index contributed by atoms with van der Waals surface area (Å²) in [5.74, 6) is 1.58. The largest absolute Gasteiger partial charge is 0.338 e. The number of benzene rings is 1. The van der Waals surface area contributed by atoms with Crippen LogP contribution in [0.25, 0.3) is 0 Å². The van der Waals surface area contributed by atoms with Crippen molar-refractivity contribution in [3.8, 4) is 0 Å².